The topological polar surface area (TPSA) is 20.2 Å². The fourth-order valence-electron chi connectivity index (χ4n) is 1.76. The van der Waals surface area contributed by atoms with Crippen LogP contribution in [0.3, 0.4) is 0 Å². The number of hydrogen-bond acceptors (Lipinski definition) is 1. The Kier molecular flexibility index (Phi) is 4.27. The van der Waals surface area contributed by atoms with Gasteiger partial charge in [-0.1, -0.05) is 13.8 Å². The highest BCUT2D eigenvalue weighted by atomic mass is 16.2. The van der Waals surface area contributed by atoms with Crippen LogP contribution in [0, 0.1) is 11.8 Å². The largest absolute Gasteiger partial charge is 0.396 e. The van der Waals surface area contributed by atoms with Crippen LogP contribution >= 0.6 is 0 Å². The Balaban J connectivity index is 2.45. The maximum Gasteiger partial charge on any atom is 0.0431 e. The zero-order chi connectivity index (χ0) is 9.68. The maximum atomic E-state index is 8.70. The molecule has 1 aliphatic carbocycles. The molecule has 13 heavy (non-hydrogen) atoms. The molecule has 0 radical (unpaired) electrons. The van der Waals surface area contributed by atoms with E-state index in [1.54, 1.807) is 0 Å². The molecule has 0 spiro atoms. The summed E-state index contributed by atoms with van der Waals surface area (Å²) in [5.74, 6) is 1.31. The van der Waals surface area contributed by atoms with Gasteiger partial charge in [-0.3, -0.25) is 0 Å². The molecule has 0 bridgehead atoms. The zero-order valence-electron chi connectivity index (χ0n) is 8.71. The zero-order valence-corrected chi connectivity index (χ0v) is 8.71. The molecule has 0 fully saturated rings. The van der Waals surface area contributed by atoms with E-state index >= 15 is 0 Å². The van der Waals surface area contributed by atoms with Gasteiger partial charge < -0.3 is 5.11 Å². The summed E-state index contributed by atoms with van der Waals surface area (Å²) in [4.78, 5) is 0. The van der Waals surface area contributed by atoms with Gasteiger partial charge in [-0.15, -0.1) is 5.73 Å². The van der Waals surface area contributed by atoms with Crippen LogP contribution in [-0.2, 0) is 0 Å². The first-order valence-corrected chi connectivity index (χ1v) is 5.30. The van der Waals surface area contributed by atoms with E-state index in [0.717, 1.165) is 12.8 Å². The smallest absolute Gasteiger partial charge is 0.0431 e. The molecule has 1 heteroatoms. The highest BCUT2D eigenvalue weighted by Crippen LogP contribution is 2.25. The van der Waals surface area contributed by atoms with Gasteiger partial charge >= 0.3 is 0 Å². The van der Waals surface area contributed by atoms with Crippen molar-refractivity contribution in [3.63, 3.8) is 0 Å². The fraction of sp³-hybridized carbons (Fsp3) is 0.750. The van der Waals surface area contributed by atoms with Crippen molar-refractivity contribution in [2.45, 2.75) is 39.5 Å². The first-order valence-electron chi connectivity index (χ1n) is 5.30. The molecular formula is C12H20O. The minimum atomic E-state index is 0.324. The number of allylic oxidation sites excluding steroid dienone is 1. The molecule has 1 unspecified atom stereocenters. The second-order valence-corrected chi connectivity index (χ2v) is 4.16. The average Bonchev–Trinajstić information content (AvgIpc) is 2.15. The molecule has 74 valence electrons. The van der Waals surface area contributed by atoms with E-state index < -0.39 is 0 Å². The molecule has 1 N–H and O–H groups in total. The summed E-state index contributed by atoms with van der Waals surface area (Å²) in [6.45, 7) is 4.78. The first kappa shape index (κ1) is 10.6. The number of rotatable bonds is 4. The standard InChI is InChI=1S/C12H20O/c1-10(2)12-7-5-11(6-8-12)4-3-9-13/h5,10-11,13H,3-4,6,8-9H2,1-2H3. The molecule has 1 atom stereocenters. The molecular weight excluding hydrogens is 160 g/mol. The van der Waals surface area contributed by atoms with Crippen molar-refractivity contribution in [3.8, 4) is 0 Å². The van der Waals surface area contributed by atoms with Crippen LogP contribution in [0.2, 0.25) is 0 Å². The van der Waals surface area contributed by atoms with Crippen molar-refractivity contribution in [1.29, 1.82) is 0 Å². The van der Waals surface area contributed by atoms with Crippen LogP contribution in [0.1, 0.15) is 39.5 Å². The van der Waals surface area contributed by atoms with Gasteiger partial charge in [-0.2, -0.15) is 0 Å². The number of aliphatic hydroxyl groups is 1. The van der Waals surface area contributed by atoms with Crippen molar-refractivity contribution in [2.24, 2.45) is 11.8 Å². The van der Waals surface area contributed by atoms with Gasteiger partial charge in [-0.05, 0) is 49.2 Å². The summed E-state index contributed by atoms with van der Waals surface area (Å²) in [6.07, 6.45) is 6.70. The van der Waals surface area contributed by atoms with Gasteiger partial charge in [0, 0.05) is 6.61 Å². The third kappa shape index (κ3) is 3.38. The van der Waals surface area contributed by atoms with E-state index in [2.05, 4.69) is 25.7 Å². The van der Waals surface area contributed by atoms with Gasteiger partial charge in [0.15, 0.2) is 0 Å². The fourth-order valence-corrected chi connectivity index (χ4v) is 1.76. The molecule has 1 rings (SSSR count). The lowest BCUT2D eigenvalue weighted by Gasteiger charge is -2.18. The van der Waals surface area contributed by atoms with Crippen molar-refractivity contribution in [2.75, 3.05) is 6.61 Å². The second-order valence-electron chi connectivity index (χ2n) is 4.16. The lowest BCUT2D eigenvalue weighted by Crippen LogP contribution is -2.05. The van der Waals surface area contributed by atoms with Crippen molar-refractivity contribution in [3.05, 3.63) is 17.4 Å². The molecule has 1 aliphatic rings. The predicted octanol–water partition coefficient (Wildman–Crippen LogP) is 2.91. The molecule has 0 aromatic carbocycles. The monoisotopic (exact) mass is 180 g/mol. The molecule has 1 nitrogen and oxygen atoms in total. The third-order valence-electron chi connectivity index (χ3n) is 2.72. The predicted molar refractivity (Wildman–Crippen MR) is 55.5 cm³/mol. The molecule has 0 saturated carbocycles. The highest BCUT2D eigenvalue weighted by Gasteiger charge is 2.12. The number of hydrogen-bond donors (Lipinski definition) is 1. The van der Waals surface area contributed by atoms with Crippen LogP contribution in [0.5, 0.6) is 0 Å². The second kappa shape index (κ2) is 5.26. The van der Waals surface area contributed by atoms with Crippen molar-refractivity contribution < 1.29 is 5.11 Å². The minimum Gasteiger partial charge on any atom is -0.396 e. The van der Waals surface area contributed by atoms with Crippen molar-refractivity contribution in [1.82, 2.24) is 0 Å². The number of aliphatic hydroxyl groups excluding tert-OH is 1. The van der Waals surface area contributed by atoms with E-state index in [4.69, 9.17) is 5.11 Å². The molecule has 0 heterocycles. The Hall–Kier alpha value is -0.520. The third-order valence-corrected chi connectivity index (χ3v) is 2.72. The van der Waals surface area contributed by atoms with Gasteiger partial charge in [0.1, 0.15) is 0 Å². The van der Waals surface area contributed by atoms with Gasteiger partial charge in [-0.25, -0.2) is 0 Å². The molecule has 0 aromatic rings. The maximum absolute atomic E-state index is 8.70. The molecule has 0 saturated heterocycles. The Morgan fingerprint density at radius 1 is 1.62 bits per heavy atom. The molecule has 0 aliphatic heterocycles. The quantitative estimate of drug-likeness (QED) is 0.659. The lowest BCUT2D eigenvalue weighted by molar-refractivity contribution is 0.275. The minimum absolute atomic E-state index is 0.324. The van der Waals surface area contributed by atoms with Crippen LogP contribution in [0.15, 0.2) is 17.4 Å². The van der Waals surface area contributed by atoms with E-state index in [1.807, 2.05) is 0 Å². The van der Waals surface area contributed by atoms with Gasteiger partial charge in [0.25, 0.3) is 0 Å². The Bertz CT molecular complexity index is 209. The van der Waals surface area contributed by atoms with E-state index in [-0.39, 0.29) is 0 Å². The van der Waals surface area contributed by atoms with Crippen LogP contribution in [0.25, 0.3) is 0 Å². The average molecular weight is 180 g/mol. The summed E-state index contributed by atoms with van der Waals surface area (Å²) in [6, 6.07) is 0. The Labute approximate surface area is 81.2 Å². The van der Waals surface area contributed by atoms with Gasteiger partial charge in [0.2, 0.25) is 0 Å². The van der Waals surface area contributed by atoms with Crippen LogP contribution in [-0.4, -0.2) is 11.7 Å². The van der Waals surface area contributed by atoms with Gasteiger partial charge in [0.05, 0.1) is 0 Å². The summed E-state index contributed by atoms with van der Waals surface area (Å²) >= 11 is 0. The summed E-state index contributed by atoms with van der Waals surface area (Å²) < 4.78 is 0. The Morgan fingerprint density at radius 3 is 2.85 bits per heavy atom. The summed E-state index contributed by atoms with van der Waals surface area (Å²) in [7, 11) is 0. The SMILES string of the molecule is CC(C)C1=C=CC(CCCO)CC1. The first-order chi connectivity index (χ1) is 6.24. The summed E-state index contributed by atoms with van der Waals surface area (Å²) in [5.41, 5.74) is 4.85. The van der Waals surface area contributed by atoms with E-state index in [9.17, 15) is 0 Å². The van der Waals surface area contributed by atoms with Crippen molar-refractivity contribution >= 4 is 0 Å². The normalized spacial score (nSPS) is 22.2. The van der Waals surface area contributed by atoms with Crippen LogP contribution < -0.4 is 0 Å². The Morgan fingerprint density at radius 2 is 2.38 bits per heavy atom. The van der Waals surface area contributed by atoms with E-state index in [1.165, 1.54) is 18.4 Å². The van der Waals surface area contributed by atoms with Crippen LogP contribution in [0.4, 0.5) is 0 Å². The summed E-state index contributed by atoms with van der Waals surface area (Å²) in [5, 5.41) is 8.70. The molecule has 0 amide bonds. The molecule has 0 aromatic heterocycles. The van der Waals surface area contributed by atoms with E-state index in [0.29, 0.717) is 18.4 Å². The highest BCUT2D eigenvalue weighted by molar-refractivity contribution is 5.10. The lowest BCUT2D eigenvalue weighted by atomic mass is 9.87.